The maximum Gasteiger partial charge on any atom is 0.116 e. The lowest BCUT2D eigenvalue weighted by atomic mass is 10.1. The first-order chi connectivity index (χ1) is 15.0. The molecule has 0 saturated carbocycles. The lowest BCUT2D eigenvalue weighted by Gasteiger charge is -2.14. The molecule has 0 bridgehead atoms. The van der Waals surface area contributed by atoms with Gasteiger partial charge in [0.25, 0.3) is 0 Å². The van der Waals surface area contributed by atoms with Gasteiger partial charge < -0.3 is 10.3 Å². The maximum absolute atomic E-state index is 4.64. The topological polar surface area (TPSA) is 82.3 Å². The Balaban J connectivity index is 1.74. The third-order valence-electron chi connectivity index (χ3n) is 5.27. The highest BCUT2D eigenvalue weighted by atomic mass is 15.1. The Kier molecular flexibility index (Phi) is 5.54. The number of hydrogen-bond acceptors (Lipinski definition) is 4. The van der Waals surface area contributed by atoms with E-state index in [4.69, 9.17) is 0 Å². The van der Waals surface area contributed by atoms with Gasteiger partial charge in [-0.05, 0) is 48.8 Å². The summed E-state index contributed by atoms with van der Waals surface area (Å²) in [7, 11) is 0. The van der Waals surface area contributed by atoms with Crippen LogP contribution in [0.1, 0.15) is 26.5 Å². The van der Waals surface area contributed by atoms with Crippen molar-refractivity contribution in [2.75, 3.05) is 0 Å². The van der Waals surface area contributed by atoms with E-state index < -0.39 is 0 Å². The molecule has 0 aromatic carbocycles. The average molecular weight is 411 g/mol. The summed E-state index contributed by atoms with van der Waals surface area (Å²) in [6, 6.07) is 6.12. The Morgan fingerprint density at radius 1 is 1.19 bits per heavy atom. The minimum Gasteiger partial charge on any atom is -0.359 e. The minimum atomic E-state index is 0.326. The Labute approximate surface area is 181 Å². The van der Waals surface area contributed by atoms with Gasteiger partial charge in [-0.2, -0.15) is 5.10 Å². The van der Waals surface area contributed by atoms with E-state index in [1.165, 1.54) is 0 Å². The van der Waals surface area contributed by atoms with Crippen LogP contribution >= 0.6 is 0 Å². The number of allylic oxidation sites excluding steroid dienone is 5. The first-order valence-corrected chi connectivity index (χ1v) is 10.2. The van der Waals surface area contributed by atoms with Gasteiger partial charge >= 0.3 is 0 Å². The van der Waals surface area contributed by atoms with E-state index in [1.807, 2.05) is 37.5 Å². The molecule has 4 heterocycles. The van der Waals surface area contributed by atoms with Gasteiger partial charge in [0.05, 0.1) is 34.8 Å². The number of nitrogens with zero attached hydrogens (tertiary/aromatic N) is 3. The molecule has 6 nitrogen and oxygen atoms in total. The van der Waals surface area contributed by atoms with E-state index in [0.717, 1.165) is 55.9 Å². The third kappa shape index (κ3) is 4.05. The highest BCUT2D eigenvalue weighted by Crippen LogP contribution is 2.30. The summed E-state index contributed by atoms with van der Waals surface area (Å²) in [4.78, 5) is 12.2. The van der Waals surface area contributed by atoms with Crippen LogP contribution in [0.5, 0.6) is 0 Å². The van der Waals surface area contributed by atoms with Crippen molar-refractivity contribution >= 4 is 27.4 Å². The Morgan fingerprint density at radius 2 is 2.03 bits per heavy atom. The van der Waals surface area contributed by atoms with Gasteiger partial charge in [0.2, 0.25) is 0 Å². The summed E-state index contributed by atoms with van der Waals surface area (Å²) in [6.07, 6.45) is 11.3. The number of aromatic nitrogens is 5. The van der Waals surface area contributed by atoms with Crippen molar-refractivity contribution < 1.29 is 0 Å². The van der Waals surface area contributed by atoms with E-state index >= 15 is 0 Å². The molecular formula is C25H26N6. The fourth-order valence-corrected chi connectivity index (χ4v) is 3.33. The van der Waals surface area contributed by atoms with Crippen molar-refractivity contribution in [2.45, 2.75) is 20.8 Å². The van der Waals surface area contributed by atoms with Crippen molar-refractivity contribution in [2.24, 2.45) is 5.92 Å². The molecule has 4 aromatic heterocycles. The number of pyridine rings is 2. The second-order valence-corrected chi connectivity index (χ2v) is 7.69. The molecule has 0 unspecified atom stereocenters. The zero-order valence-electron chi connectivity index (χ0n) is 18.0. The molecule has 0 radical (unpaired) electrons. The molecule has 0 atom stereocenters. The summed E-state index contributed by atoms with van der Waals surface area (Å²) in [5, 5.41) is 13.0. The molecule has 0 aliphatic heterocycles. The van der Waals surface area contributed by atoms with Crippen LogP contribution < -0.4 is 5.32 Å². The summed E-state index contributed by atoms with van der Waals surface area (Å²) in [5.74, 6) is 0.326. The molecule has 0 aliphatic rings. The van der Waals surface area contributed by atoms with Crippen molar-refractivity contribution in [1.29, 1.82) is 0 Å². The van der Waals surface area contributed by atoms with Crippen molar-refractivity contribution in [3.05, 3.63) is 85.3 Å². The minimum absolute atomic E-state index is 0.326. The summed E-state index contributed by atoms with van der Waals surface area (Å²) in [5.41, 5.74) is 7.30. The number of aromatic amines is 2. The quantitative estimate of drug-likeness (QED) is 0.340. The highest BCUT2D eigenvalue weighted by Gasteiger charge is 2.13. The Bertz CT molecular complexity index is 1300. The predicted molar refractivity (Wildman–Crippen MR) is 128 cm³/mol. The smallest absolute Gasteiger partial charge is 0.116 e. The van der Waals surface area contributed by atoms with Gasteiger partial charge in [0, 0.05) is 28.4 Å². The van der Waals surface area contributed by atoms with Crippen LogP contribution in [0.3, 0.4) is 0 Å². The van der Waals surface area contributed by atoms with Crippen molar-refractivity contribution in [3.8, 4) is 11.4 Å². The zero-order valence-corrected chi connectivity index (χ0v) is 18.0. The normalized spacial score (nSPS) is 12.6. The van der Waals surface area contributed by atoms with E-state index in [2.05, 4.69) is 69.6 Å². The van der Waals surface area contributed by atoms with Crippen LogP contribution in [0.15, 0.2) is 79.6 Å². The monoisotopic (exact) mass is 410 g/mol. The second kappa shape index (κ2) is 8.44. The standard InChI is InChI=1S/C25H26N6/c1-6-17(10-19(7-2)28-16(5)15(3)4)21-12-20-24(14-27-21)30-31-25(20)22-11-18-8-9-26-13-23(18)29-22/h6-15,28-29H,2,5H2,1,3-4H3,(H,30,31)/b17-6+,19-10+. The van der Waals surface area contributed by atoms with E-state index in [0.29, 0.717) is 5.92 Å². The molecule has 31 heavy (non-hydrogen) atoms. The SMILES string of the molecule is C=C/C(=C\C(=C/C)c1cc2c(-c3cc4ccncc4[nH]3)n[nH]c2cn1)NC(=C)C(C)C. The van der Waals surface area contributed by atoms with Gasteiger partial charge in [-0.1, -0.05) is 33.1 Å². The fourth-order valence-electron chi connectivity index (χ4n) is 3.33. The van der Waals surface area contributed by atoms with Gasteiger partial charge in [0.1, 0.15) is 5.69 Å². The maximum atomic E-state index is 4.64. The van der Waals surface area contributed by atoms with E-state index in [-0.39, 0.29) is 0 Å². The summed E-state index contributed by atoms with van der Waals surface area (Å²) in [6.45, 7) is 14.2. The van der Waals surface area contributed by atoms with Gasteiger partial charge in [-0.15, -0.1) is 0 Å². The Hall–Kier alpha value is -3.93. The largest absolute Gasteiger partial charge is 0.359 e. The number of fused-ring (bicyclic) bond motifs is 2. The van der Waals surface area contributed by atoms with E-state index in [9.17, 15) is 0 Å². The van der Waals surface area contributed by atoms with Gasteiger partial charge in [-0.3, -0.25) is 15.1 Å². The average Bonchev–Trinajstić information content (AvgIpc) is 3.39. The summed E-state index contributed by atoms with van der Waals surface area (Å²) >= 11 is 0. The molecule has 156 valence electrons. The van der Waals surface area contributed by atoms with Crippen LogP contribution in [-0.2, 0) is 0 Å². The number of H-pyrrole nitrogens is 2. The molecule has 0 fully saturated rings. The lowest BCUT2D eigenvalue weighted by Crippen LogP contribution is -2.14. The van der Waals surface area contributed by atoms with Crippen LogP contribution in [-0.4, -0.2) is 25.1 Å². The van der Waals surface area contributed by atoms with Crippen LogP contribution in [0.2, 0.25) is 0 Å². The number of nitrogens with one attached hydrogen (secondary N) is 3. The lowest BCUT2D eigenvalue weighted by molar-refractivity contribution is 0.710. The molecule has 4 rings (SSSR count). The van der Waals surface area contributed by atoms with Gasteiger partial charge in [0.15, 0.2) is 0 Å². The molecule has 3 N–H and O–H groups in total. The fraction of sp³-hybridized carbons (Fsp3) is 0.160. The van der Waals surface area contributed by atoms with Crippen LogP contribution in [0.25, 0.3) is 38.8 Å². The molecule has 0 spiro atoms. The second-order valence-electron chi connectivity index (χ2n) is 7.69. The Morgan fingerprint density at radius 3 is 2.74 bits per heavy atom. The first kappa shape index (κ1) is 20.3. The molecule has 0 amide bonds. The molecular weight excluding hydrogens is 384 g/mol. The number of rotatable bonds is 7. The molecule has 6 heteroatoms. The first-order valence-electron chi connectivity index (χ1n) is 10.2. The predicted octanol–water partition coefficient (Wildman–Crippen LogP) is 5.73. The van der Waals surface area contributed by atoms with Crippen LogP contribution in [0.4, 0.5) is 0 Å². The highest BCUT2D eigenvalue weighted by molar-refractivity contribution is 5.96. The van der Waals surface area contributed by atoms with E-state index in [1.54, 1.807) is 12.3 Å². The molecule has 0 saturated heterocycles. The van der Waals surface area contributed by atoms with Crippen molar-refractivity contribution in [3.63, 3.8) is 0 Å². The van der Waals surface area contributed by atoms with Crippen LogP contribution in [0, 0.1) is 5.92 Å². The van der Waals surface area contributed by atoms with Gasteiger partial charge in [-0.25, -0.2) is 0 Å². The molecule has 0 aliphatic carbocycles. The van der Waals surface area contributed by atoms with Crippen molar-refractivity contribution in [1.82, 2.24) is 30.5 Å². The third-order valence-corrected chi connectivity index (χ3v) is 5.27. The summed E-state index contributed by atoms with van der Waals surface area (Å²) < 4.78 is 0. The molecule has 4 aromatic rings. The number of hydrogen-bond donors (Lipinski definition) is 3. The zero-order chi connectivity index (χ0) is 22.0.